The number of hydrogen-bond acceptors (Lipinski definition) is 4. The zero-order chi connectivity index (χ0) is 12.2. The first kappa shape index (κ1) is 13.0. The Morgan fingerprint density at radius 2 is 2.19 bits per heavy atom. The Labute approximate surface area is 96.2 Å². The minimum absolute atomic E-state index is 0.582. The summed E-state index contributed by atoms with van der Waals surface area (Å²) in [6, 6.07) is 2.13. The van der Waals surface area contributed by atoms with Gasteiger partial charge in [-0.25, -0.2) is 4.79 Å². The molecule has 0 amide bonds. The molecular formula is C12H19NO3. The predicted molar refractivity (Wildman–Crippen MR) is 58.3 cm³/mol. The first-order valence-electron chi connectivity index (χ1n) is 5.76. The van der Waals surface area contributed by atoms with Crippen molar-refractivity contribution >= 4 is 5.97 Å². The fourth-order valence-electron chi connectivity index (χ4n) is 2.38. The number of nitrogens with zero attached hydrogens (tertiary/aromatic N) is 1. The van der Waals surface area contributed by atoms with E-state index in [1.807, 2.05) is 0 Å². The molecule has 0 spiro atoms. The van der Waals surface area contributed by atoms with E-state index in [0.29, 0.717) is 18.8 Å². The van der Waals surface area contributed by atoms with Gasteiger partial charge in [-0.1, -0.05) is 13.3 Å². The van der Waals surface area contributed by atoms with Gasteiger partial charge in [0.25, 0.3) is 0 Å². The maximum Gasteiger partial charge on any atom is 0.336 e. The molecule has 4 heteroatoms. The zero-order valence-electron chi connectivity index (χ0n) is 9.90. The molecule has 0 radical (unpaired) electrons. The second kappa shape index (κ2) is 5.31. The molecule has 1 unspecified atom stereocenters. The summed E-state index contributed by atoms with van der Waals surface area (Å²) >= 11 is 0. The lowest BCUT2D eigenvalue weighted by Crippen LogP contribution is -2.43. The molecule has 1 aliphatic carbocycles. The second-order valence-electron chi connectivity index (χ2n) is 4.55. The van der Waals surface area contributed by atoms with Gasteiger partial charge in [0.05, 0.1) is 18.6 Å². The number of aliphatic hydroxyl groups excluding tert-OH is 1. The van der Waals surface area contributed by atoms with Crippen molar-refractivity contribution in [2.75, 3.05) is 7.11 Å². The SMILES string of the molecule is CCC1CCC(C#N)(C(O)C(=O)OC)CC1. The molecule has 0 aromatic carbocycles. The van der Waals surface area contributed by atoms with Crippen LogP contribution in [-0.4, -0.2) is 24.3 Å². The Balaban J connectivity index is 2.74. The van der Waals surface area contributed by atoms with Crippen molar-refractivity contribution in [3.05, 3.63) is 0 Å². The van der Waals surface area contributed by atoms with Gasteiger partial charge < -0.3 is 9.84 Å². The largest absolute Gasteiger partial charge is 0.467 e. The first-order valence-corrected chi connectivity index (χ1v) is 5.76. The van der Waals surface area contributed by atoms with E-state index in [4.69, 9.17) is 0 Å². The summed E-state index contributed by atoms with van der Waals surface area (Å²) in [6.45, 7) is 2.13. The molecule has 0 bridgehead atoms. The van der Waals surface area contributed by atoms with Crippen LogP contribution in [0.5, 0.6) is 0 Å². The molecule has 1 N–H and O–H groups in total. The predicted octanol–water partition coefficient (Wildman–Crippen LogP) is 1.63. The van der Waals surface area contributed by atoms with Crippen LogP contribution in [0.3, 0.4) is 0 Å². The van der Waals surface area contributed by atoms with Crippen LogP contribution in [0.2, 0.25) is 0 Å². The van der Waals surface area contributed by atoms with Crippen LogP contribution in [0.4, 0.5) is 0 Å². The minimum Gasteiger partial charge on any atom is -0.467 e. The zero-order valence-corrected chi connectivity index (χ0v) is 9.90. The monoisotopic (exact) mass is 225 g/mol. The van der Waals surface area contributed by atoms with E-state index < -0.39 is 17.5 Å². The van der Waals surface area contributed by atoms with Crippen LogP contribution in [0.25, 0.3) is 0 Å². The molecule has 1 fully saturated rings. The highest BCUT2D eigenvalue weighted by atomic mass is 16.5. The molecule has 0 saturated heterocycles. The van der Waals surface area contributed by atoms with Crippen LogP contribution in [0, 0.1) is 22.7 Å². The average molecular weight is 225 g/mol. The average Bonchev–Trinajstić information content (AvgIpc) is 2.37. The number of carbonyl (C=O) groups excluding carboxylic acids is 1. The van der Waals surface area contributed by atoms with Crippen molar-refractivity contribution in [1.29, 1.82) is 5.26 Å². The van der Waals surface area contributed by atoms with Crippen molar-refractivity contribution < 1.29 is 14.6 Å². The number of rotatable bonds is 3. The van der Waals surface area contributed by atoms with Crippen LogP contribution in [0.15, 0.2) is 0 Å². The van der Waals surface area contributed by atoms with E-state index in [1.165, 1.54) is 7.11 Å². The molecule has 1 saturated carbocycles. The maximum absolute atomic E-state index is 11.3. The number of carbonyl (C=O) groups is 1. The lowest BCUT2D eigenvalue weighted by Gasteiger charge is -2.36. The van der Waals surface area contributed by atoms with Gasteiger partial charge in [0.15, 0.2) is 6.10 Å². The van der Waals surface area contributed by atoms with Gasteiger partial charge in [0.2, 0.25) is 0 Å². The molecule has 4 nitrogen and oxygen atoms in total. The van der Waals surface area contributed by atoms with Crippen molar-refractivity contribution in [1.82, 2.24) is 0 Å². The van der Waals surface area contributed by atoms with Gasteiger partial charge in [0, 0.05) is 0 Å². The van der Waals surface area contributed by atoms with E-state index >= 15 is 0 Å². The Morgan fingerprint density at radius 1 is 1.62 bits per heavy atom. The van der Waals surface area contributed by atoms with Crippen molar-refractivity contribution in [2.24, 2.45) is 11.3 Å². The van der Waals surface area contributed by atoms with Gasteiger partial charge in [0.1, 0.15) is 0 Å². The van der Waals surface area contributed by atoms with Crippen molar-refractivity contribution in [3.63, 3.8) is 0 Å². The highest BCUT2D eigenvalue weighted by molar-refractivity contribution is 5.76. The standard InChI is InChI=1S/C12H19NO3/c1-3-9-4-6-12(8-13,7-5-9)10(14)11(15)16-2/h9-10,14H,3-7H2,1-2H3. The van der Waals surface area contributed by atoms with Gasteiger partial charge >= 0.3 is 5.97 Å². The normalized spacial score (nSPS) is 31.5. The molecule has 0 aromatic heterocycles. The number of aliphatic hydroxyl groups is 1. The molecule has 1 rings (SSSR count). The summed E-state index contributed by atoms with van der Waals surface area (Å²) in [5.41, 5.74) is -0.932. The van der Waals surface area contributed by atoms with Gasteiger partial charge in [-0.2, -0.15) is 5.26 Å². The highest BCUT2D eigenvalue weighted by Gasteiger charge is 2.45. The molecule has 0 aliphatic heterocycles. The summed E-state index contributed by atoms with van der Waals surface area (Å²) in [6.07, 6.45) is 2.75. The smallest absolute Gasteiger partial charge is 0.336 e. The molecule has 1 atom stereocenters. The van der Waals surface area contributed by atoms with E-state index in [9.17, 15) is 15.2 Å². The van der Waals surface area contributed by atoms with Crippen LogP contribution >= 0.6 is 0 Å². The molecule has 0 heterocycles. The summed E-state index contributed by atoms with van der Waals surface area (Å²) in [5, 5.41) is 19.1. The number of methoxy groups -OCH3 is 1. The third-order valence-electron chi connectivity index (χ3n) is 3.75. The third-order valence-corrected chi connectivity index (χ3v) is 3.75. The van der Waals surface area contributed by atoms with E-state index in [1.54, 1.807) is 0 Å². The third kappa shape index (κ3) is 2.35. The minimum atomic E-state index is -1.31. The van der Waals surface area contributed by atoms with E-state index in [-0.39, 0.29) is 0 Å². The van der Waals surface area contributed by atoms with E-state index in [0.717, 1.165) is 19.3 Å². The second-order valence-corrected chi connectivity index (χ2v) is 4.55. The number of esters is 1. The molecule has 0 aromatic rings. The fraction of sp³-hybridized carbons (Fsp3) is 0.833. The Hall–Kier alpha value is -1.08. The summed E-state index contributed by atoms with van der Waals surface area (Å²) in [5.74, 6) is -0.0807. The topological polar surface area (TPSA) is 70.3 Å². The summed E-state index contributed by atoms with van der Waals surface area (Å²) in [4.78, 5) is 11.3. The number of nitriles is 1. The van der Waals surface area contributed by atoms with Crippen LogP contribution in [0.1, 0.15) is 39.0 Å². The summed E-state index contributed by atoms with van der Waals surface area (Å²) < 4.78 is 4.51. The number of hydrogen-bond donors (Lipinski definition) is 1. The van der Waals surface area contributed by atoms with Gasteiger partial charge in [-0.3, -0.25) is 0 Å². The molecular weight excluding hydrogens is 206 g/mol. The fourth-order valence-corrected chi connectivity index (χ4v) is 2.38. The molecule has 90 valence electrons. The van der Waals surface area contributed by atoms with Crippen LogP contribution < -0.4 is 0 Å². The van der Waals surface area contributed by atoms with Gasteiger partial charge in [-0.05, 0) is 31.6 Å². The van der Waals surface area contributed by atoms with E-state index in [2.05, 4.69) is 17.7 Å². The lowest BCUT2D eigenvalue weighted by atomic mass is 9.67. The first-order chi connectivity index (χ1) is 7.59. The Morgan fingerprint density at radius 3 is 2.56 bits per heavy atom. The molecule has 1 aliphatic rings. The lowest BCUT2D eigenvalue weighted by molar-refractivity contribution is -0.157. The quantitative estimate of drug-likeness (QED) is 0.741. The molecule has 16 heavy (non-hydrogen) atoms. The Bertz CT molecular complexity index is 287. The van der Waals surface area contributed by atoms with Crippen molar-refractivity contribution in [2.45, 2.75) is 45.1 Å². The van der Waals surface area contributed by atoms with Crippen molar-refractivity contribution in [3.8, 4) is 6.07 Å². The summed E-state index contributed by atoms with van der Waals surface area (Å²) in [7, 11) is 1.23. The Kier molecular flexibility index (Phi) is 4.31. The highest BCUT2D eigenvalue weighted by Crippen LogP contribution is 2.42. The maximum atomic E-state index is 11.3. The van der Waals surface area contributed by atoms with Crippen LogP contribution in [-0.2, 0) is 9.53 Å². The van der Waals surface area contributed by atoms with Gasteiger partial charge in [-0.15, -0.1) is 0 Å². The number of ether oxygens (including phenoxy) is 1.